The van der Waals surface area contributed by atoms with Crippen molar-refractivity contribution in [1.29, 1.82) is 0 Å². The number of hydrogen-bond acceptors (Lipinski definition) is 3. The van der Waals surface area contributed by atoms with E-state index >= 15 is 0 Å². The SMILES string of the molecule is CCNC(=O)c1ccc(C)c(NS(=O)(=O)C(C)C)c1. The second-order valence-corrected chi connectivity index (χ2v) is 6.82. The molecule has 106 valence electrons. The zero-order valence-corrected chi connectivity index (χ0v) is 12.5. The molecule has 0 bridgehead atoms. The van der Waals surface area contributed by atoms with Crippen LogP contribution in [0.15, 0.2) is 18.2 Å². The molecule has 0 aliphatic carbocycles. The Balaban J connectivity index is 3.08. The van der Waals surface area contributed by atoms with Gasteiger partial charge in [0.1, 0.15) is 0 Å². The van der Waals surface area contributed by atoms with Crippen LogP contribution in [0.1, 0.15) is 36.7 Å². The van der Waals surface area contributed by atoms with Crippen molar-refractivity contribution < 1.29 is 13.2 Å². The number of benzene rings is 1. The molecule has 0 radical (unpaired) electrons. The Labute approximate surface area is 114 Å². The number of anilines is 1. The van der Waals surface area contributed by atoms with Crippen LogP contribution in [0, 0.1) is 6.92 Å². The fraction of sp³-hybridized carbons (Fsp3) is 0.462. The van der Waals surface area contributed by atoms with Crippen molar-refractivity contribution >= 4 is 21.6 Å². The Morgan fingerprint density at radius 3 is 2.47 bits per heavy atom. The van der Waals surface area contributed by atoms with E-state index in [1.54, 1.807) is 39.0 Å². The average molecular weight is 284 g/mol. The molecule has 0 fully saturated rings. The van der Waals surface area contributed by atoms with Crippen molar-refractivity contribution in [2.24, 2.45) is 0 Å². The van der Waals surface area contributed by atoms with Gasteiger partial charge >= 0.3 is 0 Å². The summed E-state index contributed by atoms with van der Waals surface area (Å²) >= 11 is 0. The first-order valence-electron chi connectivity index (χ1n) is 6.18. The lowest BCUT2D eigenvalue weighted by molar-refractivity contribution is 0.0956. The third kappa shape index (κ3) is 3.96. The Morgan fingerprint density at radius 1 is 1.32 bits per heavy atom. The molecule has 0 spiro atoms. The van der Waals surface area contributed by atoms with E-state index in [1.807, 2.05) is 6.92 Å². The summed E-state index contributed by atoms with van der Waals surface area (Å²) in [6, 6.07) is 4.95. The van der Waals surface area contributed by atoms with Gasteiger partial charge in [0.25, 0.3) is 5.91 Å². The fourth-order valence-corrected chi connectivity index (χ4v) is 2.17. The van der Waals surface area contributed by atoms with E-state index in [-0.39, 0.29) is 5.91 Å². The van der Waals surface area contributed by atoms with E-state index < -0.39 is 15.3 Å². The lowest BCUT2D eigenvalue weighted by atomic mass is 10.1. The van der Waals surface area contributed by atoms with E-state index in [0.29, 0.717) is 17.8 Å². The van der Waals surface area contributed by atoms with Gasteiger partial charge in [0.15, 0.2) is 0 Å². The highest BCUT2D eigenvalue weighted by Crippen LogP contribution is 2.19. The number of carbonyl (C=O) groups is 1. The number of aryl methyl sites for hydroxylation is 1. The maximum absolute atomic E-state index is 11.8. The molecule has 0 aliphatic rings. The molecule has 2 N–H and O–H groups in total. The van der Waals surface area contributed by atoms with Crippen LogP contribution in [0.5, 0.6) is 0 Å². The molecule has 1 aromatic rings. The number of nitrogens with one attached hydrogen (secondary N) is 2. The van der Waals surface area contributed by atoms with Crippen LogP contribution in [-0.4, -0.2) is 26.1 Å². The van der Waals surface area contributed by atoms with Gasteiger partial charge in [-0.15, -0.1) is 0 Å². The number of hydrogen-bond donors (Lipinski definition) is 2. The maximum Gasteiger partial charge on any atom is 0.251 e. The van der Waals surface area contributed by atoms with Crippen molar-refractivity contribution in [3.8, 4) is 0 Å². The normalized spacial score (nSPS) is 11.4. The second-order valence-electron chi connectivity index (χ2n) is 4.58. The van der Waals surface area contributed by atoms with Crippen LogP contribution >= 0.6 is 0 Å². The van der Waals surface area contributed by atoms with Gasteiger partial charge in [0.2, 0.25) is 10.0 Å². The molecule has 0 aromatic heterocycles. The van der Waals surface area contributed by atoms with Gasteiger partial charge in [-0.2, -0.15) is 0 Å². The smallest absolute Gasteiger partial charge is 0.251 e. The van der Waals surface area contributed by atoms with E-state index in [4.69, 9.17) is 0 Å². The molecule has 0 unspecified atom stereocenters. The predicted molar refractivity (Wildman–Crippen MR) is 76.9 cm³/mol. The summed E-state index contributed by atoms with van der Waals surface area (Å²) in [4.78, 5) is 11.7. The van der Waals surface area contributed by atoms with E-state index in [2.05, 4.69) is 10.0 Å². The molecule has 6 heteroatoms. The number of rotatable bonds is 5. The lowest BCUT2D eigenvalue weighted by Crippen LogP contribution is -2.25. The fourth-order valence-electron chi connectivity index (χ4n) is 1.41. The molecular formula is C13H20N2O3S. The van der Waals surface area contributed by atoms with Crippen LogP contribution in [-0.2, 0) is 10.0 Å². The molecule has 0 saturated carbocycles. The summed E-state index contributed by atoms with van der Waals surface area (Å²) in [5, 5.41) is 2.15. The molecule has 0 saturated heterocycles. The monoisotopic (exact) mass is 284 g/mol. The number of carbonyl (C=O) groups excluding carboxylic acids is 1. The lowest BCUT2D eigenvalue weighted by Gasteiger charge is -2.14. The van der Waals surface area contributed by atoms with Crippen LogP contribution in [0.2, 0.25) is 0 Å². The van der Waals surface area contributed by atoms with Gasteiger partial charge in [-0.1, -0.05) is 6.07 Å². The zero-order chi connectivity index (χ0) is 14.6. The summed E-state index contributed by atoms with van der Waals surface area (Å²) in [7, 11) is -3.41. The van der Waals surface area contributed by atoms with E-state index in [0.717, 1.165) is 5.56 Å². The average Bonchev–Trinajstić information content (AvgIpc) is 2.31. The van der Waals surface area contributed by atoms with Crippen LogP contribution in [0.4, 0.5) is 5.69 Å². The highest BCUT2D eigenvalue weighted by molar-refractivity contribution is 7.93. The highest BCUT2D eigenvalue weighted by atomic mass is 32.2. The van der Waals surface area contributed by atoms with Crippen molar-refractivity contribution in [3.05, 3.63) is 29.3 Å². The standard InChI is InChI=1S/C13H20N2O3S/c1-5-14-13(16)11-7-6-10(4)12(8-11)15-19(17,18)9(2)3/h6-9,15H,5H2,1-4H3,(H,14,16). The molecule has 1 aromatic carbocycles. The third-order valence-electron chi connectivity index (χ3n) is 2.71. The molecule has 1 amide bonds. The van der Waals surface area contributed by atoms with Crippen LogP contribution < -0.4 is 10.0 Å². The second kappa shape index (κ2) is 6.06. The van der Waals surface area contributed by atoms with Gasteiger partial charge in [-0.25, -0.2) is 8.42 Å². The minimum absolute atomic E-state index is 0.215. The maximum atomic E-state index is 11.8. The van der Waals surface area contributed by atoms with Crippen molar-refractivity contribution in [3.63, 3.8) is 0 Å². The Bertz CT molecular complexity index is 565. The number of sulfonamides is 1. The molecular weight excluding hydrogens is 264 g/mol. The first-order valence-corrected chi connectivity index (χ1v) is 7.73. The van der Waals surface area contributed by atoms with Gasteiger partial charge in [0, 0.05) is 12.1 Å². The Morgan fingerprint density at radius 2 is 1.95 bits per heavy atom. The van der Waals surface area contributed by atoms with Crippen LogP contribution in [0.25, 0.3) is 0 Å². The number of amides is 1. The Kier molecular flexibility index (Phi) is 4.94. The Hall–Kier alpha value is -1.56. The summed E-state index contributed by atoms with van der Waals surface area (Å²) < 4.78 is 26.2. The largest absolute Gasteiger partial charge is 0.352 e. The molecule has 0 atom stereocenters. The predicted octanol–water partition coefficient (Wildman–Crippen LogP) is 1.89. The molecule has 1 rings (SSSR count). The molecule has 0 aliphatic heterocycles. The van der Waals surface area contributed by atoms with Crippen LogP contribution in [0.3, 0.4) is 0 Å². The van der Waals surface area contributed by atoms with Crippen molar-refractivity contribution in [2.75, 3.05) is 11.3 Å². The first-order chi connectivity index (χ1) is 8.77. The minimum Gasteiger partial charge on any atom is -0.352 e. The van der Waals surface area contributed by atoms with Gasteiger partial charge in [-0.3, -0.25) is 9.52 Å². The van der Waals surface area contributed by atoms with Gasteiger partial charge < -0.3 is 5.32 Å². The molecule has 0 heterocycles. The minimum atomic E-state index is -3.41. The van der Waals surface area contributed by atoms with Crippen molar-refractivity contribution in [2.45, 2.75) is 32.9 Å². The third-order valence-corrected chi connectivity index (χ3v) is 4.46. The summed E-state index contributed by atoms with van der Waals surface area (Å²) in [6.45, 7) is 7.35. The van der Waals surface area contributed by atoms with E-state index in [9.17, 15) is 13.2 Å². The summed E-state index contributed by atoms with van der Waals surface area (Å²) in [5.41, 5.74) is 1.66. The van der Waals surface area contributed by atoms with Gasteiger partial charge in [-0.05, 0) is 45.4 Å². The quantitative estimate of drug-likeness (QED) is 0.867. The summed E-state index contributed by atoms with van der Waals surface area (Å²) in [5.74, 6) is -0.215. The zero-order valence-electron chi connectivity index (χ0n) is 11.6. The topological polar surface area (TPSA) is 75.3 Å². The highest BCUT2D eigenvalue weighted by Gasteiger charge is 2.17. The first kappa shape index (κ1) is 15.5. The van der Waals surface area contributed by atoms with E-state index in [1.165, 1.54) is 0 Å². The van der Waals surface area contributed by atoms with Gasteiger partial charge in [0.05, 0.1) is 10.9 Å². The van der Waals surface area contributed by atoms with Crippen molar-refractivity contribution in [1.82, 2.24) is 5.32 Å². The molecule has 19 heavy (non-hydrogen) atoms. The summed E-state index contributed by atoms with van der Waals surface area (Å²) in [6.07, 6.45) is 0. The molecule has 5 nitrogen and oxygen atoms in total.